The standard InChI is InChI=1S/C37H37N2O2S.C3H8/c1-38-13-11-22-15-29-35(18-33(22)38)42(3,4)36-19-34-23(12-14-39(34)2)16-30(36)37(29)24-9-10-27-28(17-24)32(21-41)26-8-6-5-7-25(26)31(27)20-40;1-3-2/h5-10,15-19,40-41H,11-14,20-21H2,1-4H3;3H2,1-2H3/q+1;. The van der Waals surface area contributed by atoms with Crippen LogP contribution in [-0.2, 0) is 26.1 Å². The molecule has 4 nitrogen and oxygen atoms in total. The first-order chi connectivity index (χ1) is 21.7. The molecule has 5 aromatic rings. The number of hydrogen-bond donors (Lipinski definition) is 2. The monoisotopic (exact) mass is 617 g/mol. The quantitative estimate of drug-likeness (QED) is 0.190. The van der Waals surface area contributed by atoms with Gasteiger partial charge in [0.05, 0.1) is 13.2 Å². The maximum atomic E-state index is 10.7. The largest absolute Gasteiger partial charge is 0.392 e. The van der Waals surface area contributed by atoms with Crippen molar-refractivity contribution in [3.05, 3.63) is 111 Å². The molecule has 0 atom stereocenters. The summed E-state index contributed by atoms with van der Waals surface area (Å²) in [7, 11) is 3.16. The summed E-state index contributed by atoms with van der Waals surface area (Å²) in [4.78, 5) is 5.31. The first-order valence-corrected chi connectivity index (χ1v) is 18.7. The van der Waals surface area contributed by atoms with E-state index in [4.69, 9.17) is 0 Å². The third-order valence-electron chi connectivity index (χ3n) is 10.1. The molecule has 232 valence electrons. The smallest absolute Gasteiger partial charge is 0.204 e. The molecule has 0 saturated heterocycles. The molecule has 0 aromatic heterocycles. The van der Waals surface area contributed by atoms with Gasteiger partial charge in [-0.15, -0.1) is 0 Å². The molecule has 0 amide bonds. The zero-order valence-corrected chi connectivity index (χ0v) is 28.3. The van der Waals surface area contributed by atoms with Crippen molar-refractivity contribution in [1.29, 1.82) is 0 Å². The molecule has 0 unspecified atom stereocenters. The minimum Gasteiger partial charge on any atom is -0.392 e. The maximum Gasteiger partial charge on any atom is 0.204 e. The molecule has 0 aliphatic carbocycles. The number of aliphatic hydroxyl groups is 2. The van der Waals surface area contributed by atoms with Gasteiger partial charge in [0.1, 0.15) is 13.6 Å². The summed E-state index contributed by atoms with van der Waals surface area (Å²) in [6, 6.07) is 24.8. The minimum absolute atomic E-state index is 0.0405. The third-order valence-corrected chi connectivity index (χ3v) is 13.0. The van der Waals surface area contributed by atoms with E-state index in [1.54, 1.807) is 0 Å². The number of aliphatic hydroxyl groups excluding tert-OH is 2. The Morgan fingerprint density at radius 2 is 1.44 bits per heavy atom. The van der Waals surface area contributed by atoms with E-state index in [1.165, 1.54) is 60.3 Å². The third kappa shape index (κ3) is 4.54. The lowest BCUT2D eigenvalue weighted by Gasteiger charge is -2.39. The number of anilines is 1. The van der Waals surface area contributed by atoms with Crippen LogP contribution in [0.3, 0.4) is 0 Å². The molecule has 2 N–H and O–H groups in total. The van der Waals surface area contributed by atoms with E-state index in [1.807, 2.05) is 12.1 Å². The first kappa shape index (κ1) is 30.0. The number of likely N-dealkylation sites (N-methyl/N-ethyl adjacent to an activating group) is 2. The fraction of sp³-hybridized carbons (Fsp3) is 0.325. The van der Waals surface area contributed by atoms with Gasteiger partial charge in [-0.25, -0.2) is 4.58 Å². The highest BCUT2D eigenvalue weighted by atomic mass is 32.3. The lowest BCUT2D eigenvalue weighted by molar-refractivity contribution is 0.282. The van der Waals surface area contributed by atoms with Gasteiger partial charge in [0, 0.05) is 47.1 Å². The molecule has 0 radical (unpaired) electrons. The van der Waals surface area contributed by atoms with Crippen LogP contribution in [0.5, 0.6) is 0 Å². The van der Waals surface area contributed by atoms with Gasteiger partial charge in [0.25, 0.3) is 0 Å². The second-order valence-electron chi connectivity index (χ2n) is 13.3. The van der Waals surface area contributed by atoms with E-state index in [-0.39, 0.29) is 13.2 Å². The summed E-state index contributed by atoms with van der Waals surface area (Å²) >= 11 is 0. The summed E-state index contributed by atoms with van der Waals surface area (Å²) in [5, 5.41) is 27.9. The van der Waals surface area contributed by atoms with E-state index < -0.39 is 10.0 Å². The molecule has 8 rings (SSSR count). The summed E-state index contributed by atoms with van der Waals surface area (Å²) in [6.45, 7) is 6.27. The van der Waals surface area contributed by atoms with Crippen molar-refractivity contribution >= 4 is 42.8 Å². The molecule has 3 aliphatic heterocycles. The Hall–Kier alpha value is -3.64. The number of rotatable bonds is 3. The fourth-order valence-electron chi connectivity index (χ4n) is 7.82. The van der Waals surface area contributed by atoms with Gasteiger partial charge in [-0.1, -0.05) is 56.7 Å². The summed E-state index contributed by atoms with van der Waals surface area (Å²) < 4.78 is 2.40. The van der Waals surface area contributed by atoms with Crippen molar-refractivity contribution in [2.24, 2.45) is 0 Å². The molecule has 0 bridgehead atoms. The Morgan fingerprint density at radius 3 is 2.13 bits per heavy atom. The lowest BCUT2D eigenvalue weighted by Crippen LogP contribution is -2.29. The van der Waals surface area contributed by atoms with Crippen molar-refractivity contribution in [3.63, 3.8) is 0 Å². The van der Waals surface area contributed by atoms with Gasteiger partial charge in [0.2, 0.25) is 5.36 Å². The average molecular weight is 618 g/mol. The zero-order chi connectivity index (χ0) is 31.6. The van der Waals surface area contributed by atoms with E-state index in [0.29, 0.717) is 0 Å². The molecule has 3 heterocycles. The van der Waals surface area contributed by atoms with E-state index in [9.17, 15) is 10.2 Å². The SMILES string of the molecule is CCC.CN1CCc2cc3c(cc21)S(C)(C)c1cc2c(cc1=C3c1ccc3c(CO)c4ccccc4c(CO)c3c1)CC[N+]=2C. The molecule has 3 aliphatic rings. The van der Waals surface area contributed by atoms with Crippen LogP contribution in [0.25, 0.3) is 27.1 Å². The van der Waals surface area contributed by atoms with Crippen molar-refractivity contribution in [2.75, 3.05) is 44.6 Å². The van der Waals surface area contributed by atoms with Gasteiger partial charge < -0.3 is 15.1 Å². The molecule has 0 spiro atoms. The fourth-order valence-corrected chi connectivity index (χ4v) is 10.3. The molecule has 0 fully saturated rings. The van der Waals surface area contributed by atoms with Crippen LogP contribution in [-0.4, -0.2) is 49.9 Å². The first-order valence-electron chi connectivity index (χ1n) is 16.3. The average Bonchev–Trinajstić information content (AvgIpc) is 3.59. The van der Waals surface area contributed by atoms with Crippen molar-refractivity contribution in [2.45, 2.75) is 56.1 Å². The highest BCUT2D eigenvalue weighted by Gasteiger charge is 2.34. The molecular formula is C40H45N2O2S+. The molecule has 0 saturated carbocycles. The van der Waals surface area contributed by atoms with Gasteiger partial charge in [-0.3, -0.25) is 0 Å². The topological polar surface area (TPSA) is 46.7 Å². The number of nitrogens with zero attached hydrogens (tertiary/aromatic N) is 2. The maximum absolute atomic E-state index is 10.7. The molecule has 45 heavy (non-hydrogen) atoms. The number of benzene rings is 5. The van der Waals surface area contributed by atoms with Gasteiger partial charge in [-0.05, 0) is 103 Å². The van der Waals surface area contributed by atoms with E-state index >= 15 is 0 Å². The van der Waals surface area contributed by atoms with Crippen molar-refractivity contribution in [1.82, 2.24) is 4.58 Å². The van der Waals surface area contributed by atoms with Gasteiger partial charge in [-0.2, -0.15) is 10.0 Å². The molecule has 5 heteroatoms. The number of fused-ring (bicyclic) bond motifs is 6. The van der Waals surface area contributed by atoms with E-state index in [2.05, 4.69) is 105 Å². The summed E-state index contributed by atoms with van der Waals surface area (Å²) in [6.07, 6.45) is 8.33. The van der Waals surface area contributed by atoms with Gasteiger partial charge in [0.15, 0.2) is 0 Å². The lowest BCUT2D eigenvalue weighted by atomic mass is 9.87. The Balaban J connectivity index is 0.00000104. The van der Waals surface area contributed by atoms with Crippen molar-refractivity contribution < 1.29 is 10.2 Å². The zero-order valence-electron chi connectivity index (χ0n) is 27.5. The number of hydrogen-bond acceptors (Lipinski definition) is 3. The van der Waals surface area contributed by atoms with Gasteiger partial charge >= 0.3 is 0 Å². The van der Waals surface area contributed by atoms with E-state index in [0.717, 1.165) is 58.6 Å². The van der Waals surface area contributed by atoms with Crippen LogP contribution in [0.1, 0.15) is 53.6 Å². The Labute approximate surface area is 268 Å². The van der Waals surface area contributed by atoms with Crippen LogP contribution in [0, 0.1) is 0 Å². The predicted molar refractivity (Wildman–Crippen MR) is 192 cm³/mol. The normalized spacial score (nSPS) is 16.7. The van der Waals surface area contributed by atoms with Crippen LogP contribution >= 0.6 is 10.0 Å². The van der Waals surface area contributed by atoms with Crippen molar-refractivity contribution in [3.8, 4) is 0 Å². The summed E-state index contributed by atoms with van der Waals surface area (Å²) in [5.74, 6) is 0. The highest BCUT2D eigenvalue weighted by molar-refractivity contribution is 8.32. The molecule has 5 aromatic carbocycles. The second kappa shape index (κ2) is 11.3. The van der Waals surface area contributed by atoms with Crippen LogP contribution in [0.4, 0.5) is 5.69 Å². The molecular weight excluding hydrogens is 573 g/mol. The Kier molecular flexibility index (Phi) is 7.55. The minimum atomic E-state index is -1.27. The van der Waals surface area contributed by atoms with Crippen LogP contribution < -0.4 is 20.1 Å². The summed E-state index contributed by atoms with van der Waals surface area (Å²) in [5.41, 5.74) is 9.90. The Bertz CT molecular complexity index is 2150. The Morgan fingerprint density at radius 1 is 0.778 bits per heavy atom. The highest BCUT2D eigenvalue weighted by Crippen LogP contribution is 2.61. The predicted octanol–water partition coefficient (Wildman–Crippen LogP) is 6.11. The van der Waals surface area contributed by atoms with Crippen LogP contribution in [0.15, 0.2) is 76.5 Å². The second-order valence-corrected chi connectivity index (χ2v) is 16.8. The van der Waals surface area contributed by atoms with Crippen LogP contribution in [0.2, 0.25) is 0 Å².